The summed E-state index contributed by atoms with van der Waals surface area (Å²) in [6.45, 7) is 4.89. The maximum atomic E-state index is 13.2. The summed E-state index contributed by atoms with van der Waals surface area (Å²) in [5, 5.41) is 2.49. The molecule has 0 fully saturated rings. The van der Waals surface area contributed by atoms with Crippen molar-refractivity contribution in [3.05, 3.63) is 35.9 Å². The molecular formula is C17H22NO4P. The Hall–Kier alpha value is -2.05. The third kappa shape index (κ3) is 5.92. The monoisotopic (exact) mass is 335 g/mol. The average Bonchev–Trinajstić information content (AvgIpc) is 2.52. The van der Waals surface area contributed by atoms with Gasteiger partial charge in [0.2, 0.25) is 5.91 Å². The number of benzene rings is 1. The molecule has 2 atom stereocenters. The molecule has 0 bridgehead atoms. The van der Waals surface area contributed by atoms with E-state index in [2.05, 4.69) is 21.6 Å². The molecule has 1 aromatic carbocycles. The molecule has 124 valence electrons. The normalized spacial score (nSPS) is 14.1. The zero-order valence-corrected chi connectivity index (χ0v) is 14.7. The number of methoxy groups -OCH3 is 1. The van der Waals surface area contributed by atoms with Gasteiger partial charge < -0.3 is 14.6 Å². The van der Waals surface area contributed by atoms with Crippen LogP contribution in [-0.4, -0.2) is 36.8 Å². The Labute approximate surface area is 137 Å². The zero-order chi connectivity index (χ0) is 17.5. The van der Waals surface area contributed by atoms with Crippen LogP contribution in [-0.2, 0) is 18.9 Å². The second-order valence-corrected chi connectivity index (χ2v) is 8.66. The fourth-order valence-electron chi connectivity index (χ4n) is 1.90. The van der Waals surface area contributed by atoms with Gasteiger partial charge in [-0.15, -0.1) is 0 Å². The second kappa shape index (κ2) is 8.55. The van der Waals surface area contributed by atoms with Crippen LogP contribution in [0.2, 0.25) is 0 Å². The smallest absolute Gasteiger partial charge is 0.328 e. The molecule has 0 radical (unpaired) electrons. The molecular weight excluding hydrogens is 313 g/mol. The molecule has 1 amide bonds. The van der Waals surface area contributed by atoms with Crippen LogP contribution < -0.4 is 5.32 Å². The molecule has 0 aliphatic rings. The van der Waals surface area contributed by atoms with E-state index in [1.165, 1.54) is 14.0 Å². The van der Waals surface area contributed by atoms with Crippen LogP contribution in [0.5, 0.6) is 0 Å². The Morgan fingerprint density at radius 1 is 1.26 bits per heavy atom. The number of ether oxygens (including phenoxy) is 1. The Morgan fingerprint density at radius 2 is 1.87 bits per heavy atom. The van der Waals surface area contributed by atoms with E-state index < -0.39 is 19.2 Å². The van der Waals surface area contributed by atoms with Crippen LogP contribution in [0.25, 0.3) is 0 Å². The quantitative estimate of drug-likeness (QED) is 0.510. The number of hydrogen-bond acceptors (Lipinski definition) is 4. The minimum atomic E-state index is -3.01. The molecule has 2 unspecified atom stereocenters. The third-order valence-electron chi connectivity index (χ3n) is 3.31. The maximum absolute atomic E-state index is 13.2. The number of rotatable bonds is 5. The van der Waals surface area contributed by atoms with Gasteiger partial charge in [-0.1, -0.05) is 38.0 Å². The lowest BCUT2D eigenvalue weighted by molar-refractivity contribution is -0.144. The first-order valence-corrected chi connectivity index (χ1v) is 9.26. The van der Waals surface area contributed by atoms with Gasteiger partial charge in [-0.3, -0.25) is 4.79 Å². The van der Waals surface area contributed by atoms with Crippen LogP contribution in [0.1, 0.15) is 26.3 Å². The summed E-state index contributed by atoms with van der Waals surface area (Å²) >= 11 is 0. The number of esters is 1. The molecule has 0 aliphatic carbocycles. The molecule has 0 saturated carbocycles. The summed E-state index contributed by atoms with van der Waals surface area (Å²) < 4.78 is 17.8. The van der Waals surface area contributed by atoms with E-state index in [9.17, 15) is 14.2 Å². The number of carbonyl (C=O) groups is 2. The Balaban J connectivity index is 3.08. The van der Waals surface area contributed by atoms with E-state index in [1.54, 1.807) is 13.8 Å². The van der Waals surface area contributed by atoms with Crippen molar-refractivity contribution in [1.29, 1.82) is 0 Å². The van der Waals surface area contributed by atoms with E-state index in [4.69, 9.17) is 0 Å². The highest BCUT2D eigenvalue weighted by atomic mass is 31.2. The van der Waals surface area contributed by atoms with Crippen LogP contribution in [0.15, 0.2) is 30.3 Å². The lowest BCUT2D eigenvalue weighted by Gasteiger charge is -2.22. The van der Waals surface area contributed by atoms with Gasteiger partial charge in [0.25, 0.3) is 0 Å². The van der Waals surface area contributed by atoms with Crippen LogP contribution in [0, 0.1) is 11.6 Å². The molecule has 1 N–H and O–H groups in total. The highest BCUT2D eigenvalue weighted by molar-refractivity contribution is 7.69. The number of hydrogen-bond donors (Lipinski definition) is 1. The molecule has 0 heterocycles. The molecule has 1 rings (SSSR count). The van der Waals surface area contributed by atoms with Crippen molar-refractivity contribution in [3.63, 3.8) is 0 Å². The van der Waals surface area contributed by atoms with Gasteiger partial charge in [0, 0.05) is 24.3 Å². The molecule has 5 nitrogen and oxygen atoms in total. The predicted molar refractivity (Wildman–Crippen MR) is 90.6 cm³/mol. The summed E-state index contributed by atoms with van der Waals surface area (Å²) in [5.74, 6) is 1.90. The van der Waals surface area contributed by atoms with Crippen LogP contribution >= 0.6 is 7.14 Å². The second-order valence-electron chi connectivity index (χ2n) is 5.45. The van der Waals surface area contributed by atoms with Crippen LogP contribution in [0.3, 0.4) is 0 Å². The van der Waals surface area contributed by atoms with Gasteiger partial charge in [-0.25, -0.2) is 4.79 Å². The summed E-state index contributed by atoms with van der Waals surface area (Å²) in [4.78, 5) is 23.1. The van der Waals surface area contributed by atoms with E-state index in [0.717, 1.165) is 5.56 Å². The Bertz CT molecular complexity index is 658. The van der Waals surface area contributed by atoms with Gasteiger partial charge in [0.05, 0.1) is 7.11 Å². The summed E-state index contributed by atoms with van der Waals surface area (Å²) in [6.07, 6.45) is -0.0449. The molecule has 23 heavy (non-hydrogen) atoms. The van der Waals surface area contributed by atoms with Gasteiger partial charge in [0.1, 0.15) is 6.04 Å². The minimum absolute atomic E-state index is 0.0449. The van der Waals surface area contributed by atoms with Crippen molar-refractivity contribution >= 4 is 19.0 Å². The number of carbonyl (C=O) groups excluding carboxylic acids is 2. The number of amides is 1. The van der Waals surface area contributed by atoms with Gasteiger partial charge in [-0.05, 0) is 17.8 Å². The molecule has 0 spiro atoms. The Morgan fingerprint density at radius 3 is 2.35 bits per heavy atom. The van der Waals surface area contributed by atoms with E-state index in [-0.39, 0.29) is 17.7 Å². The first-order valence-electron chi connectivity index (χ1n) is 7.30. The molecule has 6 heteroatoms. The van der Waals surface area contributed by atoms with Gasteiger partial charge >= 0.3 is 5.97 Å². The van der Waals surface area contributed by atoms with Crippen molar-refractivity contribution < 1.29 is 18.9 Å². The molecule has 1 aromatic rings. The topological polar surface area (TPSA) is 72.5 Å². The third-order valence-corrected chi connectivity index (χ3v) is 6.38. The SMILES string of the molecule is COC(=O)C(CP(=O)(C#Cc1ccccc1)C(C)C)NC(C)=O. The first-order chi connectivity index (χ1) is 10.8. The summed E-state index contributed by atoms with van der Waals surface area (Å²) in [5.41, 5.74) is 3.36. The fraction of sp³-hybridized carbons (Fsp3) is 0.412. The van der Waals surface area contributed by atoms with Crippen molar-refractivity contribution in [1.82, 2.24) is 5.32 Å². The average molecular weight is 335 g/mol. The Kier molecular flexibility index (Phi) is 7.06. The standard InChI is InChI=1S/C17H22NO4P/c1-13(2)23(21,11-10-15-8-6-5-7-9-15)12-16(17(20)22-4)18-14(3)19/h5-9,13,16H,12H2,1-4H3,(H,18,19). The largest absolute Gasteiger partial charge is 0.467 e. The fourth-order valence-corrected chi connectivity index (χ4v) is 3.78. The van der Waals surface area contributed by atoms with Crippen molar-refractivity contribution in [2.45, 2.75) is 32.5 Å². The van der Waals surface area contributed by atoms with Crippen LogP contribution in [0.4, 0.5) is 0 Å². The van der Waals surface area contributed by atoms with Gasteiger partial charge in [0.15, 0.2) is 7.14 Å². The predicted octanol–water partition coefficient (Wildman–Crippen LogP) is 2.44. The lowest BCUT2D eigenvalue weighted by atomic mass is 10.2. The van der Waals surface area contributed by atoms with Crippen molar-refractivity contribution in [2.75, 3.05) is 13.3 Å². The van der Waals surface area contributed by atoms with Gasteiger partial charge in [-0.2, -0.15) is 0 Å². The lowest BCUT2D eigenvalue weighted by Crippen LogP contribution is -2.43. The zero-order valence-electron chi connectivity index (χ0n) is 13.8. The summed E-state index contributed by atoms with van der Waals surface area (Å²) in [7, 11) is -1.78. The van der Waals surface area contributed by atoms with E-state index in [0.29, 0.717) is 0 Å². The maximum Gasteiger partial charge on any atom is 0.328 e. The van der Waals surface area contributed by atoms with Crippen molar-refractivity contribution in [2.24, 2.45) is 0 Å². The molecule has 0 aliphatic heterocycles. The highest BCUT2D eigenvalue weighted by Gasteiger charge is 2.33. The molecule has 0 aromatic heterocycles. The molecule has 0 saturated heterocycles. The van der Waals surface area contributed by atoms with Crippen molar-refractivity contribution in [3.8, 4) is 11.6 Å². The first kappa shape index (κ1) is 19.0. The number of nitrogens with one attached hydrogen (secondary N) is 1. The minimum Gasteiger partial charge on any atom is -0.467 e. The summed E-state index contributed by atoms with van der Waals surface area (Å²) in [6, 6.07) is 8.25. The van der Waals surface area contributed by atoms with E-state index >= 15 is 0 Å². The highest BCUT2D eigenvalue weighted by Crippen LogP contribution is 2.50. The van der Waals surface area contributed by atoms with E-state index in [1.807, 2.05) is 30.3 Å².